The number of hydrogen-bond donors (Lipinski definition) is 1. The van der Waals surface area contributed by atoms with Crippen LogP contribution in [0.1, 0.15) is 49.1 Å². The van der Waals surface area contributed by atoms with Crippen molar-refractivity contribution in [3.8, 4) is 0 Å². The molecule has 0 amide bonds. The third-order valence-electron chi connectivity index (χ3n) is 8.04. The van der Waals surface area contributed by atoms with Crippen molar-refractivity contribution < 1.29 is 30.4 Å². The van der Waals surface area contributed by atoms with Crippen LogP contribution in [0.3, 0.4) is 0 Å². The number of alkyl halides is 3. The van der Waals surface area contributed by atoms with Crippen LogP contribution in [0.25, 0.3) is 0 Å². The number of rotatable bonds is 8. The summed E-state index contributed by atoms with van der Waals surface area (Å²) in [6, 6.07) is 7.77. The Bertz CT molecular complexity index is 1510. The van der Waals surface area contributed by atoms with Crippen LogP contribution in [-0.2, 0) is 16.2 Å². The van der Waals surface area contributed by atoms with Crippen molar-refractivity contribution in [3.05, 3.63) is 77.8 Å². The van der Waals surface area contributed by atoms with E-state index in [0.29, 0.717) is 30.9 Å². The summed E-state index contributed by atoms with van der Waals surface area (Å²) >= 11 is 0. The van der Waals surface area contributed by atoms with Crippen molar-refractivity contribution in [3.63, 3.8) is 0 Å². The van der Waals surface area contributed by atoms with Crippen molar-refractivity contribution in [2.24, 2.45) is 0 Å². The highest BCUT2D eigenvalue weighted by molar-refractivity contribution is 7.94. The first-order valence-corrected chi connectivity index (χ1v) is 15.2. The largest absolute Gasteiger partial charge is 0.416 e. The molecule has 3 atom stereocenters. The molecule has 1 saturated carbocycles. The molecule has 1 aliphatic carbocycles. The van der Waals surface area contributed by atoms with Gasteiger partial charge in [-0.3, -0.25) is 4.90 Å². The fourth-order valence-electron chi connectivity index (χ4n) is 6.01. The fourth-order valence-corrected chi connectivity index (χ4v) is 7.42. The molecule has 3 aromatic rings. The lowest BCUT2D eigenvalue weighted by Crippen LogP contribution is -2.49. The summed E-state index contributed by atoms with van der Waals surface area (Å²) in [5.74, 6) is -2.22. The van der Waals surface area contributed by atoms with E-state index in [1.54, 1.807) is 6.07 Å². The number of hydrogen-bond acceptors (Lipinski definition) is 6. The molecule has 0 bridgehead atoms. The van der Waals surface area contributed by atoms with Crippen molar-refractivity contribution in [1.29, 1.82) is 0 Å². The Labute approximate surface area is 242 Å². The number of halogens is 5. The van der Waals surface area contributed by atoms with E-state index in [-0.39, 0.29) is 29.5 Å². The molecule has 0 spiro atoms. The van der Waals surface area contributed by atoms with Gasteiger partial charge in [-0.15, -0.1) is 0 Å². The van der Waals surface area contributed by atoms with E-state index in [2.05, 4.69) is 20.2 Å². The molecule has 1 saturated heterocycles. The van der Waals surface area contributed by atoms with E-state index in [1.165, 1.54) is 38.6 Å². The van der Waals surface area contributed by atoms with Crippen LogP contribution >= 0.6 is 0 Å². The quantitative estimate of drug-likeness (QED) is 0.256. The molecule has 5 rings (SSSR count). The Balaban J connectivity index is 1.39. The van der Waals surface area contributed by atoms with Crippen LogP contribution < -0.4 is 9.53 Å². The van der Waals surface area contributed by atoms with Gasteiger partial charge in [0.2, 0.25) is 0 Å². The summed E-state index contributed by atoms with van der Waals surface area (Å²) in [5, 5.41) is 3.10. The molecule has 1 radical (unpaired) electrons. The maximum Gasteiger partial charge on any atom is 0.416 e. The zero-order valence-electron chi connectivity index (χ0n) is 22.9. The van der Waals surface area contributed by atoms with Gasteiger partial charge in [0.05, 0.1) is 11.3 Å². The molecule has 2 heterocycles. The molecule has 1 aliphatic heterocycles. The maximum atomic E-state index is 15.4. The minimum absolute atomic E-state index is 0.0273. The average molecular weight is 606 g/mol. The molecule has 2 aliphatic rings. The van der Waals surface area contributed by atoms with E-state index in [0.717, 1.165) is 48.6 Å². The normalized spacial score (nSPS) is 21.7. The Kier molecular flexibility index (Phi) is 8.74. The van der Waals surface area contributed by atoms with Gasteiger partial charge in [-0.1, -0.05) is 25.0 Å². The molecule has 1 aromatic heterocycles. The Morgan fingerprint density at radius 1 is 1.05 bits per heavy atom. The van der Waals surface area contributed by atoms with Crippen LogP contribution in [0.15, 0.2) is 59.9 Å². The van der Waals surface area contributed by atoms with Crippen molar-refractivity contribution in [2.45, 2.75) is 68.0 Å². The first kappa shape index (κ1) is 30.2. The van der Waals surface area contributed by atoms with Gasteiger partial charge >= 0.3 is 6.18 Å². The summed E-state index contributed by atoms with van der Waals surface area (Å²) in [4.78, 5) is 9.05. The summed E-state index contributed by atoms with van der Waals surface area (Å²) in [7, 11) is -3.34. The topological polar surface area (TPSA) is 78.4 Å². The molecular formula is C28H30BF5N5O2S. The third-order valence-corrected chi connectivity index (χ3v) is 9.82. The number of nitrogens with zero attached hydrogens (tertiary/aromatic N) is 4. The van der Waals surface area contributed by atoms with E-state index in [4.69, 9.17) is 0 Å². The monoisotopic (exact) mass is 606 g/mol. The molecule has 42 heavy (non-hydrogen) atoms. The fraction of sp³-hybridized carbons (Fsp3) is 0.429. The van der Waals surface area contributed by atoms with Gasteiger partial charge in [0, 0.05) is 24.3 Å². The zero-order chi connectivity index (χ0) is 30.1. The van der Waals surface area contributed by atoms with Crippen molar-refractivity contribution in [1.82, 2.24) is 14.9 Å². The van der Waals surface area contributed by atoms with Gasteiger partial charge in [0.25, 0.3) is 17.4 Å². The molecule has 7 nitrogen and oxygen atoms in total. The number of sulfonamides is 1. The lowest BCUT2D eigenvalue weighted by molar-refractivity contribution is -0.137. The minimum atomic E-state index is -4.53. The molecule has 0 unspecified atom stereocenters. The highest BCUT2D eigenvalue weighted by Gasteiger charge is 2.38. The first-order valence-electron chi connectivity index (χ1n) is 13.8. The van der Waals surface area contributed by atoms with Crippen LogP contribution in [-0.4, -0.2) is 55.9 Å². The number of benzene rings is 2. The van der Waals surface area contributed by atoms with Crippen LogP contribution in [0.2, 0.25) is 6.82 Å². The predicted octanol–water partition coefficient (Wildman–Crippen LogP) is 5.85. The SMILES string of the molecule is C[B]N(c1ccncn1)S(=O)(=O)c1cc(F)c(N[C@H]2CC[C@H](c3cccc(C(F)(F)F)c3)C[C@@H]2N2CCCC2)cc1F. The van der Waals surface area contributed by atoms with Crippen molar-refractivity contribution in [2.75, 3.05) is 22.6 Å². The molecular weight excluding hydrogens is 576 g/mol. The summed E-state index contributed by atoms with van der Waals surface area (Å²) < 4.78 is 98.1. The van der Waals surface area contributed by atoms with Crippen LogP contribution in [0.4, 0.5) is 33.5 Å². The van der Waals surface area contributed by atoms with Gasteiger partial charge in [-0.05, 0) is 74.9 Å². The third kappa shape index (κ3) is 6.24. The minimum Gasteiger partial charge on any atom is -0.378 e. The highest BCUT2D eigenvalue weighted by atomic mass is 32.2. The van der Waals surface area contributed by atoms with E-state index in [9.17, 15) is 21.6 Å². The second-order valence-electron chi connectivity index (χ2n) is 10.6. The van der Waals surface area contributed by atoms with E-state index >= 15 is 8.78 Å². The predicted molar refractivity (Wildman–Crippen MR) is 150 cm³/mol. The Morgan fingerprint density at radius 2 is 1.81 bits per heavy atom. The summed E-state index contributed by atoms with van der Waals surface area (Å²) in [6.07, 6.45) is 1.60. The van der Waals surface area contributed by atoms with Gasteiger partial charge in [0.15, 0.2) is 0 Å². The maximum absolute atomic E-state index is 15.4. The number of aromatic nitrogens is 2. The lowest BCUT2D eigenvalue weighted by Gasteiger charge is -2.42. The number of anilines is 2. The van der Waals surface area contributed by atoms with Gasteiger partial charge in [0.1, 0.15) is 28.7 Å². The molecule has 2 aromatic carbocycles. The van der Waals surface area contributed by atoms with Crippen LogP contribution in [0, 0.1) is 11.6 Å². The molecule has 14 heteroatoms. The Morgan fingerprint density at radius 3 is 2.48 bits per heavy atom. The second kappa shape index (κ2) is 12.2. The summed E-state index contributed by atoms with van der Waals surface area (Å²) in [6.45, 7) is 3.04. The lowest BCUT2D eigenvalue weighted by atomic mass is 9.77. The average Bonchev–Trinajstić information content (AvgIpc) is 3.50. The zero-order valence-corrected chi connectivity index (χ0v) is 23.7. The van der Waals surface area contributed by atoms with Gasteiger partial charge in [-0.25, -0.2) is 27.2 Å². The number of nitrogens with one attached hydrogen (secondary N) is 1. The standard InChI is InChI=1S/C28H30BF5N5O2S/c1-29-39(27-9-10-35-17-36-27)42(40,41)26-16-21(30)24(15-22(26)31)37-23-8-7-19(14-25(23)38-11-2-3-12-38)18-5-4-6-20(13-18)28(32,33)34/h4-6,9-10,13,15-17,19,23,25,37H,2-3,7-8,11-12,14H2,1H3/t19-,23-,25-/m0/s1. The molecule has 223 valence electrons. The van der Waals surface area contributed by atoms with E-state index < -0.39 is 38.3 Å². The highest BCUT2D eigenvalue weighted by Crippen LogP contribution is 2.40. The number of likely N-dealkylation sites (tertiary alicyclic amines) is 1. The van der Waals surface area contributed by atoms with Gasteiger partial charge in [-0.2, -0.15) is 13.2 Å². The van der Waals surface area contributed by atoms with Crippen molar-refractivity contribution >= 4 is 28.9 Å². The molecule has 2 fully saturated rings. The Hall–Kier alpha value is -3.26. The first-order chi connectivity index (χ1) is 20.0. The summed E-state index contributed by atoms with van der Waals surface area (Å²) in [5.41, 5.74) is -0.253. The smallest absolute Gasteiger partial charge is 0.378 e. The van der Waals surface area contributed by atoms with Gasteiger partial charge < -0.3 is 9.53 Å². The second-order valence-corrected chi connectivity index (χ2v) is 12.4. The van der Waals surface area contributed by atoms with E-state index in [1.807, 2.05) is 0 Å². The van der Waals surface area contributed by atoms with Crippen LogP contribution in [0.5, 0.6) is 0 Å². The molecule has 1 N–H and O–H groups in total.